The van der Waals surface area contributed by atoms with Crippen molar-refractivity contribution in [1.29, 1.82) is 0 Å². The van der Waals surface area contributed by atoms with Crippen molar-refractivity contribution in [3.05, 3.63) is 0 Å². The maximum absolute atomic E-state index is 9.50. The van der Waals surface area contributed by atoms with E-state index in [1.54, 1.807) is 0 Å². The summed E-state index contributed by atoms with van der Waals surface area (Å²) in [6.07, 6.45) is 1.65. The molecule has 0 spiro atoms. The normalized spacial score (nSPS) is 9.22. The van der Waals surface area contributed by atoms with Crippen LogP contribution in [0.25, 0.3) is 0 Å². The lowest BCUT2D eigenvalue weighted by Crippen LogP contribution is -2.05. The van der Waals surface area contributed by atoms with Crippen LogP contribution in [0, 0.1) is 0 Å². The van der Waals surface area contributed by atoms with E-state index in [1.165, 1.54) is 6.08 Å². The Morgan fingerprint density at radius 3 is 2.78 bits per heavy atom. The maximum atomic E-state index is 9.50. The average Bonchev–Trinajstić information content (AvgIpc) is 1.80. The molecular weight excluding hydrogens is 118 g/mol. The van der Waals surface area contributed by atoms with Gasteiger partial charge in [-0.1, -0.05) is 0 Å². The maximum Gasteiger partial charge on any atom is 0.235 e. The fourth-order valence-corrected chi connectivity index (χ4v) is 0.380. The van der Waals surface area contributed by atoms with Crippen LogP contribution in [0.4, 0.5) is 0 Å². The topological polar surface area (TPSA) is 38.7 Å². The average molecular weight is 129 g/mol. The van der Waals surface area contributed by atoms with Gasteiger partial charge in [0.05, 0.1) is 19.3 Å². The standard InChI is InChI=1S/C6H11NO2/c1-6(2)9-4-3-7-5-8/h6H,3-4H2,1-2H3. The highest BCUT2D eigenvalue weighted by Gasteiger charge is 1.89. The second-order valence-corrected chi connectivity index (χ2v) is 1.89. The lowest BCUT2D eigenvalue weighted by atomic mass is 10.5. The molecule has 0 aromatic rings. The number of ether oxygens (including phenoxy) is 1. The quantitative estimate of drug-likeness (QED) is 0.319. The molecule has 52 valence electrons. The fraction of sp³-hybridized carbons (Fsp3) is 0.833. The highest BCUT2D eigenvalue weighted by Crippen LogP contribution is 1.85. The van der Waals surface area contributed by atoms with Crippen molar-refractivity contribution in [3.63, 3.8) is 0 Å². The van der Waals surface area contributed by atoms with Crippen LogP contribution in [0.15, 0.2) is 4.99 Å². The Morgan fingerprint density at radius 2 is 2.33 bits per heavy atom. The molecule has 0 saturated carbocycles. The molecule has 9 heavy (non-hydrogen) atoms. The molecule has 0 atom stereocenters. The molecule has 0 unspecified atom stereocenters. The fourth-order valence-electron chi connectivity index (χ4n) is 0.380. The van der Waals surface area contributed by atoms with Gasteiger partial charge in [0.25, 0.3) is 0 Å². The summed E-state index contributed by atoms with van der Waals surface area (Å²) in [5, 5.41) is 0. The van der Waals surface area contributed by atoms with Crippen molar-refractivity contribution in [1.82, 2.24) is 0 Å². The summed E-state index contributed by atoms with van der Waals surface area (Å²) in [5.74, 6) is 0. The molecule has 0 radical (unpaired) electrons. The van der Waals surface area contributed by atoms with Crippen LogP contribution in [-0.2, 0) is 9.53 Å². The molecular formula is C6H11NO2. The van der Waals surface area contributed by atoms with E-state index in [-0.39, 0.29) is 6.10 Å². The minimum Gasteiger partial charge on any atom is -0.377 e. The van der Waals surface area contributed by atoms with Crippen LogP contribution < -0.4 is 0 Å². The van der Waals surface area contributed by atoms with Crippen molar-refractivity contribution in [2.24, 2.45) is 4.99 Å². The lowest BCUT2D eigenvalue weighted by Gasteiger charge is -2.02. The van der Waals surface area contributed by atoms with E-state index in [2.05, 4.69) is 4.99 Å². The van der Waals surface area contributed by atoms with Crippen molar-refractivity contribution in [2.45, 2.75) is 20.0 Å². The number of hydrogen-bond donors (Lipinski definition) is 0. The van der Waals surface area contributed by atoms with Crippen LogP contribution in [0.1, 0.15) is 13.8 Å². The Labute approximate surface area is 54.7 Å². The van der Waals surface area contributed by atoms with E-state index in [4.69, 9.17) is 4.74 Å². The molecule has 0 aliphatic rings. The van der Waals surface area contributed by atoms with Gasteiger partial charge in [-0.3, -0.25) is 0 Å². The van der Waals surface area contributed by atoms with Crippen LogP contribution in [0.3, 0.4) is 0 Å². The number of aliphatic imine (C=N–C) groups is 1. The molecule has 0 aliphatic heterocycles. The molecule has 0 N–H and O–H groups in total. The van der Waals surface area contributed by atoms with Gasteiger partial charge in [0.1, 0.15) is 0 Å². The molecule has 0 bridgehead atoms. The summed E-state index contributed by atoms with van der Waals surface area (Å²) in [6, 6.07) is 0. The van der Waals surface area contributed by atoms with Gasteiger partial charge in [0, 0.05) is 0 Å². The predicted molar refractivity (Wildman–Crippen MR) is 34.1 cm³/mol. The number of hydrogen-bond acceptors (Lipinski definition) is 3. The Balaban J connectivity index is 3.00. The van der Waals surface area contributed by atoms with Crippen molar-refractivity contribution in [3.8, 4) is 0 Å². The number of carbonyl (C=O) groups excluding carboxylic acids is 1. The van der Waals surface area contributed by atoms with Gasteiger partial charge >= 0.3 is 0 Å². The first-order valence-corrected chi connectivity index (χ1v) is 2.92. The first-order chi connectivity index (χ1) is 4.27. The zero-order valence-corrected chi connectivity index (χ0v) is 5.76. The summed E-state index contributed by atoms with van der Waals surface area (Å²) in [5.41, 5.74) is 0. The number of isocyanates is 1. The van der Waals surface area contributed by atoms with Crippen molar-refractivity contribution < 1.29 is 9.53 Å². The summed E-state index contributed by atoms with van der Waals surface area (Å²) in [6.45, 7) is 4.80. The Kier molecular flexibility index (Phi) is 5.07. The van der Waals surface area contributed by atoms with Gasteiger partial charge in [0.15, 0.2) is 0 Å². The van der Waals surface area contributed by atoms with Crippen molar-refractivity contribution in [2.75, 3.05) is 13.2 Å². The summed E-state index contributed by atoms with van der Waals surface area (Å²) >= 11 is 0. The smallest absolute Gasteiger partial charge is 0.235 e. The van der Waals surface area contributed by atoms with Crippen LogP contribution in [0.2, 0.25) is 0 Å². The molecule has 0 aromatic heterocycles. The van der Waals surface area contributed by atoms with Gasteiger partial charge in [-0.15, -0.1) is 0 Å². The van der Waals surface area contributed by atoms with E-state index in [1.807, 2.05) is 13.8 Å². The van der Waals surface area contributed by atoms with Gasteiger partial charge in [-0.2, -0.15) is 0 Å². The molecule has 0 fully saturated rings. The highest BCUT2D eigenvalue weighted by atomic mass is 16.5. The van der Waals surface area contributed by atoms with Crippen molar-refractivity contribution >= 4 is 6.08 Å². The Hall–Kier alpha value is -0.660. The first-order valence-electron chi connectivity index (χ1n) is 2.92. The number of rotatable bonds is 4. The third-order valence-electron chi connectivity index (χ3n) is 0.719. The second kappa shape index (κ2) is 5.48. The molecule has 0 heterocycles. The third-order valence-corrected chi connectivity index (χ3v) is 0.719. The Bertz CT molecular complexity index is 106. The minimum absolute atomic E-state index is 0.215. The van der Waals surface area contributed by atoms with E-state index < -0.39 is 0 Å². The van der Waals surface area contributed by atoms with E-state index >= 15 is 0 Å². The van der Waals surface area contributed by atoms with Crippen LogP contribution >= 0.6 is 0 Å². The van der Waals surface area contributed by atoms with Gasteiger partial charge < -0.3 is 4.74 Å². The molecule has 0 saturated heterocycles. The summed E-state index contributed by atoms with van der Waals surface area (Å²) < 4.78 is 5.07. The van der Waals surface area contributed by atoms with Gasteiger partial charge in [0.2, 0.25) is 6.08 Å². The lowest BCUT2D eigenvalue weighted by molar-refractivity contribution is 0.0853. The minimum atomic E-state index is 0.215. The van der Waals surface area contributed by atoms with Crippen LogP contribution in [0.5, 0.6) is 0 Å². The zero-order chi connectivity index (χ0) is 7.11. The van der Waals surface area contributed by atoms with E-state index in [9.17, 15) is 4.79 Å². The third kappa shape index (κ3) is 7.34. The number of nitrogens with zero attached hydrogens (tertiary/aromatic N) is 1. The second-order valence-electron chi connectivity index (χ2n) is 1.89. The predicted octanol–water partition coefficient (Wildman–Crippen LogP) is 0.747. The molecule has 0 aromatic carbocycles. The van der Waals surface area contributed by atoms with E-state index in [0.717, 1.165) is 0 Å². The Morgan fingerprint density at radius 1 is 1.67 bits per heavy atom. The summed E-state index contributed by atoms with van der Waals surface area (Å²) in [7, 11) is 0. The molecule has 0 amide bonds. The largest absolute Gasteiger partial charge is 0.377 e. The van der Waals surface area contributed by atoms with E-state index in [0.29, 0.717) is 13.2 Å². The first kappa shape index (κ1) is 8.34. The molecule has 3 heteroatoms. The van der Waals surface area contributed by atoms with Gasteiger partial charge in [-0.05, 0) is 13.8 Å². The molecule has 0 aliphatic carbocycles. The van der Waals surface area contributed by atoms with Crippen LogP contribution in [-0.4, -0.2) is 25.3 Å². The summed E-state index contributed by atoms with van der Waals surface area (Å²) in [4.78, 5) is 12.8. The molecule has 0 rings (SSSR count). The molecule has 3 nitrogen and oxygen atoms in total. The SMILES string of the molecule is CC(C)OCCN=C=O. The van der Waals surface area contributed by atoms with Gasteiger partial charge in [-0.25, -0.2) is 9.79 Å². The monoisotopic (exact) mass is 129 g/mol. The zero-order valence-electron chi connectivity index (χ0n) is 5.76. The highest BCUT2D eigenvalue weighted by molar-refractivity contribution is 5.32.